The van der Waals surface area contributed by atoms with Gasteiger partial charge in [-0.2, -0.15) is 0 Å². The summed E-state index contributed by atoms with van der Waals surface area (Å²) in [6, 6.07) is 2.35. The van der Waals surface area contributed by atoms with E-state index in [1.807, 2.05) is 19.9 Å². The highest BCUT2D eigenvalue weighted by molar-refractivity contribution is 6.27. The first kappa shape index (κ1) is 31.3. The Morgan fingerprint density at radius 2 is 1.32 bits per heavy atom. The Kier molecular flexibility index (Phi) is 13.9. The van der Waals surface area contributed by atoms with Crippen molar-refractivity contribution in [2.24, 2.45) is 0 Å². The molecule has 0 radical (unpaired) electrons. The molecule has 0 aromatic heterocycles. The van der Waals surface area contributed by atoms with Crippen LogP contribution in [0.15, 0.2) is 35.4 Å². The summed E-state index contributed by atoms with van der Waals surface area (Å²) < 4.78 is 5.68. The van der Waals surface area contributed by atoms with E-state index in [0.717, 1.165) is 30.9 Å². The van der Waals surface area contributed by atoms with Gasteiger partial charge in [0.25, 0.3) is 0 Å². The molecule has 0 saturated carbocycles. The van der Waals surface area contributed by atoms with Gasteiger partial charge >= 0.3 is 5.97 Å². The number of carbonyl (C=O) groups excluding carboxylic acids is 3. The fourth-order valence-electron chi connectivity index (χ4n) is 4.81. The van der Waals surface area contributed by atoms with Gasteiger partial charge in [-0.05, 0) is 38.5 Å². The number of ether oxygens (including phenoxy) is 1. The zero-order chi connectivity index (χ0) is 27.9. The quantitative estimate of drug-likeness (QED) is 0.0866. The van der Waals surface area contributed by atoms with Crippen LogP contribution in [-0.4, -0.2) is 33.9 Å². The van der Waals surface area contributed by atoms with Gasteiger partial charge in [-0.25, -0.2) is 0 Å². The van der Waals surface area contributed by atoms with E-state index in [2.05, 4.69) is 6.92 Å². The van der Waals surface area contributed by atoms with Crippen molar-refractivity contribution in [2.45, 2.75) is 123 Å². The van der Waals surface area contributed by atoms with Gasteiger partial charge in [-0.1, -0.05) is 95.6 Å². The molecule has 1 atom stereocenters. The average molecular weight is 527 g/mol. The van der Waals surface area contributed by atoms with Gasteiger partial charge in [-0.3, -0.25) is 14.4 Å². The lowest BCUT2D eigenvalue weighted by molar-refractivity contribution is -0.147. The summed E-state index contributed by atoms with van der Waals surface area (Å²) in [7, 11) is 0. The van der Waals surface area contributed by atoms with Crippen molar-refractivity contribution < 1.29 is 29.3 Å². The number of esters is 1. The molecule has 0 heterocycles. The van der Waals surface area contributed by atoms with Crippen LogP contribution in [0.4, 0.5) is 0 Å². The number of unbranched alkanes of at least 4 members (excludes halogenated alkanes) is 12. The number of carbonyl (C=O) groups is 3. The molecule has 2 rings (SSSR count). The molecule has 6 heteroatoms. The molecule has 0 bridgehead atoms. The normalized spacial score (nSPS) is 13.6. The maximum absolute atomic E-state index is 13.2. The number of Topliss-reactive ketones (excluding diaryl/α,β-unsaturated/α-hetero) is 1. The fraction of sp³-hybridized carbons (Fsp3) is 0.594. The first-order chi connectivity index (χ1) is 18.3. The smallest absolute Gasteiger partial charge is 0.306 e. The van der Waals surface area contributed by atoms with E-state index in [4.69, 9.17) is 4.74 Å². The Morgan fingerprint density at radius 1 is 0.816 bits per heavy atom. The van der Waals surface area contributed by atoms with Gasteiger partial charge in [0.1, 0.15) is 17.6 Å². The average Bonchev–Trinajstić information content (AvgIpc) is 2.88. The summed E-state index contributed by atoms with van der Waals surface area (Å²) in [4.78, 5) is 38.5. The molecule has 6 nitrogen and oxygen atoms in total. The number of hydrogen-bond acceptors (Lipinski definition) is 6. The molecular formula is C32H46O6. The molecule has 0 unspecified atom stereocenters. The largest absolute Gasteiger partial charge is 0.507 e. The third-order valence-electron chi connectivity index (χ3n) is 7.03. The number of phenolic OH excluding ortho intramolecular Hbond substituents is 2. The Labute approximate surface area is 228 Å². The number of fused-ring (bicyclic) bond motifs is 1. The van der Waals surface area contributed by atoms with Gasteiger partial charge in [0.2, 0.25) is 0 Å². The fourth-order valence-corrected chi connectivity index (χ4v) is 4.81. The van der Waals surface area contributed by atoms with Crippen molar-refractivity contribution in [1.29, 1.82) is 0 Å². The number of aromatic hydroxyl groups is 2. The summed E-state index contributed by atoms with van der Waals surface area (Å²) in [5.74, 6) is -2.38. The molecular weight excluding hydrogens is 480 g/mol. The number of allylic oxidation sites excluding steroid dienone is 2. The van der Waals surface area contributed by atoms with Crippen LogP contribution in [0.2, 0.25) is 0 Å². The molecule has 1 aromatic rings. The van der Waals surface area contributed by atoms with E-state index in [0.29, 0.717) is 0 Å². The predicted molar refractivity (Wildman–Crippen MR) is 151 cm³/mol. The molecule has 0 fully saturated rings. The first-order valence-corrected chi connectivity index (χ1v) is 14.4. The highest BCUT2D eigenvalue weighted by Crippen LogP contribution is 2.36. The lowest BCUT2D eigenvalue weighted by Crippen LogP contribution is -2.29. The predicted octanol–water partition coefficient (Wildman–Crippen LogP) is 8.15. The molecule has 1 aliphatic carbocycles. The minimum Gasteiger partial charge on any atom is -0.507 e. The van der Waals surface area contributed by atoms with E-state index in [1.165, 1.54) is 76.3 Å². The van der Waals surface area contributed by atoms with E-state index < -0.39 is 23.6 Å². The van der Waals surface area contributed by atoms with E-state index in [-0.39, 0.29) is 41.0 Å². The third kappa shape index (κ3) is 10.1. The first-order valence-electron chi connectivity index (χ1n) is 14.4. The molecule has 0 amide bonds. The SMILES string of the molecule is CCCCCCCCCCCCCCCC(=O)O[C@H](CC=C(C)C)C1=CC(=O)c2c(O)ccc(O)c2C1=O. The molecule has 210 valence electrons. The highest BCUT2D eigenvalue weighted by Gasteiger charge is 2.35. The second-order valence-corrected chi connectivity index (χ2v) is 10.6. The second-order valence-electron chi connectivity index (χ2n) is 10.6. The summed E-state index contributed by atoms with van der Waals surface area (Å²) in [6.45, 7) is 6.04. The van der Waals surface area contributed by atoms with Crippen LogP contribution in [0.1, 0.15) is 138 Å². The number of hydrogen-bond donors (Lipinski definition) is 2. The molecule has 1 aliphatic rings. The van der Waals surface area contributed by atoms with Crippen LogP contribution < -0.4 is 0 Å². The van der Waals surface area contributed by atoms with Crippen LogP contribution in [0.5, 0.6) is 11.5 Å². The van der Waals surface area contributed by atoms with Crippen molar-refractivity contribution in [3.63, 3.8) is 0 Å². The molecule has 1 aromatic carbocycles. The highest BCUT2D eigenvalue weighted by atomic mass is 16.5. The van der Waals surface area contributed by atoms with E-state index >= 15 is 0 Å². The molecule has 2 N–H and O–H groups in total. The maximum Gasteiger partial charge on any atom is 0.306 e. The summed E-state index contributed by atoms with van der Waals surface area (Å²) in [6.07, 6.45) is 18.3. The van der Waals surface area contributed by atoms with Crippen molar-refractivity contribution >= 4 is 17.5 Å². The van der Waals surface area contributed by atoms with Gasteiger partial charge in [0, 0.05) is 18.4 Å². The lowest BCUT2D eigenvalue weighted by atomic mass is 9.85. The van der Waals surface area contributed by atoms with Crippen LogP contribution in [0.25, 0.3) is 0 Å². The molecule has 0 spiro atoms. The monoisotopic (exact) mass is 526 g/mol. The third-order valence-corrected chi connectivity index (χ3v) is 7.03. The zero-order valence-electron chi connectivity index (χ0n) is 23.5. The standard InChI is InChI=1S/C32H46O6/c1-4-5-6-7-8-9-10-11-12-13-14-15-16-17-29(36)38-28(21-18-23(2)3)24-22-27(35)30-25(33)19-20-26(34)31(30)32(24)37/h18-20,22,28,33-34H,4-17,21H2,1-3H3/t28-/m1/s1. The van der Waals surface area contributed by atoms with Crippen molar-refractivity contribution in [2.75, 3.05) is 0 Å². The number of ketones is 2. The number of rotatable bonds is 18. The van der Waals surface area contributed by atoms with Crippen LogP contribution >= 0.6 is 0 Å². The van der Waals surface area contributed by atoms with Gasteiger partial charge in [0.05, 0.1) is 11.1 Å². The Bertz CT molecular complexity index is 999. The van der Waals surface area contributed by atoms with E-state index in [1.54, 1.807) is 0 Å². The summed E-state index contributed by atoms with van der Waals surface area (Å²) >= 11 is 0. The summed E-state index contributed by atoms with van der Waals surface area (Å²) in [5, 5.41) is 20.3. The van der Waals surface area contributed by atoms with Crippen LogP contribution in [0, 0.1) is 0 Å². The topological polar surface area (TPSA) is 101 Å². The van der Waals surface area contributed by atoms with E-state index in [9.17, 15) is 24.6 Å². The number of benzene rings is 1. The van der Waals surface area contributed by atoms with Crippen molar-refractivity contribution in [3.05, 3.63) is 46.6 Å². The van der Waals surface area contributed by atoms with Crippen molar-refractivity contribution in [1.82, 2.24) is 0 Å². The summed E-state index contributed by atoms with van der Waals surface area (Å²) in [5.41, 5.74) is 0.526. The Morgan fingerprint density at radius 3 is 1.84 bits per heavy atom. The molecule has 0 aliphatic heterocycles. The minimum absolute atomic E-state index is 0.0135. The zero-order valence-corrected chi connectivity index (χ0v) is 23.5. The van der Waals surface area contributed by atoms with Crippen LogP contribution in [-0.2, 0) is 9.53 Å². The van der Waals surface area contributed by atoms with Gasteiger partial charge in [0.15, 0.2) is 11.6 Å². The second kappa shape index (κ2) is 16.8. The maximum atomic E-state index is 13.2. The van der Waals surface area contributed by atoms with Gasteiger partial charge in [-0.15, -0.1) is 0 Å². The Hall–Kier alpha value is -2.89. The molecule has 0 saturated heterocycles. The van der Waals surface area contributed by atoms with Crippen molar-refractivity contribution in [3.8, 4) is 11.5 Å². The minimum atomic E-state index is -0.939. The lowest BCUT2D eigenvalue weighted by Gasteiger charge is -2.23. The molecule has 38 heavy (non-hydrogen) atoms. The Balaban J connectivity index is 1.81. The van der Waals surface area contributed by atoms with Crippen LogP contribution in [0.3, 0.4) is 0 Å². The number of phenols is 2. The van der Waals surface area contributed by atoms with Gasteiger partial charge < -0.3 is 14.9 Å².